The number of nitrogens with zero attached hydrogens (tertiary/aromatic N) is 3. The quantitative estimate of drug-likeness (QED) is 0.558. The van der Waals surface area contributed by atoms with E-state index in [4.69, 9.17) is 4.42 Å². The van der Waals surface area contributed by atoms with Gasteiger partial charge >= 0.3 is 5.76 Å². The number of benzene rings is 2. The predicted molar refractivity (Wildman–Crippen MR) is 103 cm³/mol. The summed E-state index contributed by atoms with van der Waals surface area (Å²) >= 11 is 1.30. The predicted octanol–water partition coefficient (Wildman–Crippen LogP) is 3.26. The zero-order valence-electron chi connectivity index (χ0n) is 14.8. The normalized spacial score (nSPS) is 11.1. The Morgan fingerprint density at radius 3 is 2.89 bits per heavy atom. The Morgan fingerprint density at radius 2 is 2.11 bits per heavy atom. The maximum absolute atomic E-state index is 13.8. The Bertz CT molecular complexity index is 1230. The highest BCUT2D eigenvalue weighted by atomic mass is 32.2. The number of imidazole rings is 1. The zero-order valence-corrected chi connectivity index (χ0v) is 15.6. The monoisotopic (exact) mass is 398 g/mol. The lowest BCUT2D eigenvalue weighted by Gasteiger charge is -2.11. The van der Waals surface area contributed by atoms with Crippen LogP contribution in [0.25, 0.3) is 11.1 Å². The van der Waals surface area contributed by atoms with Gasteiger partial charge in [0.1, 0.15) is 12.4 Å². The molecule has 28 heavy (non-hydrogen) atoms. The molecule has 4 aromatic rings. The van der Waals surface area contributed by atoms with Crippen molar-refractivity contribution in [2.75, 3.05) is 5.32 Å². The third kappa shape index (κ3) is 3.56. The number of carbonyl (C=O) groups is 1. The van der Waals surface area contributed by atoms with E-state index in [1.54, 1.807) is 42.7 Å². The summed E-state index contributed by atoms with van der Waals surface area (Å²) in [5.74, 6) is -1.58. The smallest absolute Gasteiger partial charge is 0.408 e. The number of carbonyl (C=O) groups excluding carboxylic acids is 1. The molecule has 0 atom stereocenters. The van der Waals surface area contributed by atoms with E-state index in [0.717, 1.165) is 0 Å². The van der Waals surface area contributed by atoms with Crippen molar-refractivity contribution in [2.45, 2.75) is 16.6 Å². The molecule has 0 unspecified atom stereocenters. The van der Waals surface area contributed by atoms with Gasteiger partial charge in [-0.15, -0.1) is 0 Å². The number of fused-ring (bicyclic) bond motifs is 1. The first kappa shape index (κ1) is 18.1. The average Bonchev–Trinajstić information content (AvgIpc) is 3.20. The molecule has 0 radical (unpaired) electrons. The summed E-state index contributed by atoms with van der Waals surface area (Å²) in [4.78, 5) is 29.4. The lowest BCUT2D eigenvalue weighted by Crippen LogP contribution is -2.25. The second-order valence-corrected chi connectivity index (χ2v) is 7.04. The fraction of sp³-hybridized carbons (Fsp3) is 0.105. The molecule has 4 rings (SSSR count). The van der Waals surface area contributed by atoms with Crippen molar-refractivity contribution >= 4 is 34.5 Å². The number of halogens is 1. The Balaban J connectivity index is 1.59. The fourth-order valence-corrected chi connectivity index (χ4v) is 3.61. The van der Waals surface area contributed by atoms with Gasteiger partial charge in [0.25, 0.3) is 0 Å². The van der Waals surface area contributed by atoms with Gasteiger partial charge in [-0.2, -0.15) is 0 Å². The van der Waals surface area contributed by atoms with Gasteiger partial charge in [-0.05, 0) is 42.1 Å². The number of para-hydroxylation sites is 2. The molecule has 1 amide bonds. The molecule has 0 aliphatic carbocycles. The van der Waals surface area contributed by atoms with Crippen LogP contribution >= 0.6 is 11.8 Å². The molecular weight excluding hydrogens is 383 g/mol. The van der Waals surface area contributed by atoms with Gasteiger partial charge in [-0.25, -0.2) is 14.2 Å². The van der Waals surface area contributed by atoms with Crippen LogP contribution in [-0.4, -0.2) is 20.0 Å². The lowest BCUT2D eigenvalue weighted by molar-refractivity contribution is -0.116. The molecule has 0 spiro atoms. The van der Waals surface area contributed by atoms with E-state index < -0.39 is 17.5 Å². The van der Waals surface area contributed by atoms with Gasteiger partial charge in [0, 0.05) is 24.3 Å². The van der Waals surface area contributed by atoms with Crippen LogP contribution in [0.15, 0.2) is 74.1 Å². The van der Waals surface area contributed by atoms with E-state index in [1.165, 1.54) is 28.5 Å². The largest absolute Gasteiger partial charge is 0.420 e. The highest BCUT2D eigenvalue weighted by Crippen LogP contribution is 2.32. The molecule has 0 bridgehead atoms. The Kier molecular flexibility index (Phi) is 4.74. The van der Waals surface area contributed by atoms with Crippen LogP contribution in [-0.2, 0) is 18.4 Å². The van der Waals surface area contributed by atoms with Gasteiger partial charge in [0.15, 0.2) is 10.7 Å². The standard InChI is InChI=1S/C19H15FN4O3S/c1-23-9-8-21-18(23)28-16-7-6-12(20)10-13(16)22-17(25)11-24-14-4-2-3-5-15(14)27-19(24)26/h2-10H,11H2,1H3,(H,22,25). The molecule has 9 heteroatoms. The molecular formula is C19H15FN4O3S. The molecule has 1 N–H and O–H groups in total. The molecule has 142 valence electrons. The summed E-state index contributed by atoms with van der Waals surface area (Å²) in [7, 11) is 1.84. The second-order valence-electron chi connectivity index (χ2n) is 6.03. The Hall–Kier alpha value is -3.33. The van der Waals surface area contributed by atoms with E-state index in [2.05, 4.69) is 10.3 Å². The topological polar surface area (TPSA) is 82.1 Å². The summed E-state index contributed by atoms with van der Waals surface area (Å²) in [6.07, 6.45) is 3.45. The Labute approximate surface area is 162 Å². The van der Waals surface area contributed by atoms with Gasteiger partial charge in [-0.1, -0.05) is 12.1 Å². The maximum atomic E-state index is 13.8. The van der Waals surface area contributed by atoms with Crippen molar-refractivity contribution in [3.05, 3.63) is 71.2 Å². The molecule has 0 aliphatic rings. The SMILES string of the molecule is Cn1ccnc1Sc1ccc(F)cc1NC(=O)Cn1c(=O)oc2ccccc21. The van der Waals surface area contributed by atoms with Gasteiger partial charge in [0.2, 0.25) is 5.91 Å². The van der Waals surface area contributed by atoms with E-state index in [1.807, 2.05) is 11.6 Å². The molecule has 0 aliphatic heterocycles. The molecule has 2 heterocycles. The summed E-state index contributed by atoms with van der Waals surface area (Å²) in [6.45, 7) is -0.251. The summed E-state index contributed by atoms with van der Waals surface area (Å²) < 4.78 is 21.9. The zero-order chi connectivity index (χ0) is 19.7. The minimum atomic E-state index is -0.627. The van der Waals surface area contributed by atoms with Crippen LogP contribution in [0.5, 0.6) is 0 Å². The highest BCUT2D eigenvalue weighted by Gasteiger charge is 2.15. The van der Waals surface area contributed by atoms with E-state index in [0.29, 0.717) is 26.8 Å². The molecule has 2 aromatic heterocycles. The maximum Gasteiger partial charge on any atom is 0.420 e. The number of hydrogen-bond donors (Lipinski definition) is 1. The number of rotatable bonds is 5. The number of nitrogens with one attached hydrogen (secondary N) is 1. The number of aromatic nitrogens is 3. The van der Waals surface area contributed by atoms with Crippen molar-refractivity contribution in [2.24, 2.45) is 7.05 Å². The third-order valence-electron chi connectivity index (χ3n) is 4.07. The number of aryl methyl sites for hydroxylation is 1. The van der Waals surface area contributed by atoms with E-state index in [-0.39, 0.29) is 6.54 Å². The fourth-order valence-electron chi connectivity index (χ4n) is 2.73. The highest BCUT2D eigenvalue weighted by molar-refractivity contribution is 7.99. The van der Waals surface area contributed by atoms with Crippen LogP contribution < -0.4 is 11.1 Å². The average molecular weight is 398 g/mol. The van der Waals surface area contributed by atoms with Crippen molar-refractivity contribution in [1.82, 2.24) is 14.1 Å². The molecule has 0 saturated heterocycles. The van der Waals surface area contributed by atoms with Crippen molar-refractivity contribution < 1.29 is 13.6 Å². The summed E-state index contributed by atoms with van der Waals surface area (Å²) in [6, 6.07) is 11.0. The van der Waals surface area contributed by atoms with Crippen molar-refractivity contribution in [3.8, 4) is 0 Å². The van der Waals surface area contributed by atoms with Crippen molar-refractivity contribution in [1.29, 1.82) is 0 Å². The summed E-state index contributed by atoms with van der Waals surface area (Å²) in [5, 5.41) is 3.37. The summed E-state index contributed by atoms with van der Waals surface area (Å²) in [5.41, 5.74) is 1.22. The number of hydrogen-bond acceptors (Lipinski definition) is 5. The van der Waals surface area contributed by atoms with Crippen LogP contribution in [0.3, 0.4) is 0 Å². The Morgan fingerprint density at radius 1 is 1.29 bits per heavy atom. The minimum Gasteiger partial charge on any atom is -0.408 e. The van der Waals surface area contributed by atoms with Gasteiger partial charge in [-0.3, -0.25) is 9.36 Å². The van der Waals surface area contributed by atoms with Crippen LogP contribution in [0.4, 0.5) is 10.1 Å². The number of amides is 1. The first-order valence-electron chi connectivity index (χ1n) is 8.34. The third-order valence-corrected chi connectivity index (χ3v) is 5.22. The van der Waals surface area contributed by atoms with E-state index in [9.17, 15) is 14.0 Å². The van der Waals surface area contributed by atoms with Crippen molar-refractivity contribution in [3.63, 3.8) is 0 Å². The van der Waals surface area contributed by atoms with E-state index >= 15 is 0 Å². The second kappa shape index (κ2) is 7.35. The minimum absolute atomic E-state index is 0.251. The van der Waals surface area contributed by atoms with Crippen LogP contribution in [0, 0.1) is 5.82 Å². The van der Waals surface area contributed by atoms with Crippen LogP contribution in [0.2, 0.25) is 0 Å². The molecule has 0 fully saturated rings. The van der Waals surface area contributed by atoms with Crippen LogP contribution in [0.1, 0.15) is 0 Å². The number of oxazole rings is 1. The van der Waals surface area contributed by atoms with Gasteiger partial charge in [0.05, 0.1) is 11.2 Å². The van der Waals surface area contributed by atoms with Gasteiger partial charge < -0.3 is 14.3 Å². The molecule has 7 nitrogen and oxygen atoms in total. The first-order chi connectivity index (χ1) is 13.5. The lowest BCUT2D eigenvalue weighted by atomic mass is 10.3. The molecule has 0 saturated carbocycles. The first-order valence-corrected chi connectivity index (χ1v) is 9.16. The number of anilines is 1. The molecule has 2 aromatic carbocycles.